The summed E-state index contributed by atoms with van der Waals surface area (Å²) in [5, 5.41) is 4.38. The van der Waals surface area contributed by atoms with E-state index in [4.69, 9.17) is 0 Å². The van der Waals surface area contributed by atoms with Gasteiger partial charge in [-0.3, -0.25) is 0 Å². The summed E-state index contributed by atoms with van der Waals surface area (Å²) in [5.74, 6) is 0.735. The normalized spacial score (nSPS) is 10.7. The minimum Gasteiger partial charge on any atom is -0.238 e. The summed E-state index contributed by atoms with van der Waals surface area (Å²) >= 11 is 4.28. The molecule has 0 saturated carbocycles. The molecule has 0 spiro atoms. The third-order valence-electron chi connectivity index (χ3n) is 2.87. The Morgan fingerprint density at radius 2 is 1.94 bits per heavy atom. The molecule has 0 radical (unpaired) electrons. The average Bonchev–Trinajstić information content (AvgIpc) is 2.70. The molecular formula is C13H16N2S. The van der Waals surface area contributed by atoms with E-state index in [0.717, 1.165) is 17.9 Å². The number of thiol groups is 1. The molecule has 0 aliphatic rings. The van der Waals surface area contributed by atoms with Crippen molar-refractivity contribution in [2.45, 2.75) is 26.0 Å². The summed E-state index contributed by atoms with van der Waals surface area (Å²) in [6.07, 6.45) is 2.95. The van der Waals surface area contributed by atoms with Gasteiger partial charge in [0.2, 0.25) is 0 Å². The van der Waals surface area contributed by atoms with E-state index in [-0.39, 0.29) is 0 Å². The molecule has 1 aromatic heterocycles. The minimum atomic E-state index is 0.735. The molecule has 0 unspecified atom stereocenters. The van der Waals surface area contributed by atoms with Gasteiger partial charge in [0.25, 0.3) is 0 Å². The number of hydrogen-bond acceptors (Lipinski definition) is 2. The van der Waals surface area contributed by atoms with Crippen LogP contribution in [-0.4, -0.2) is 9.78 Å². The first-order valence-electron chi connectivity index (χ1n) is 5.50. The van der Waals surface area contributed by atoms with Crippen LogP contribution in [0.25, 0.3) is 5.69 Å². The monoisotopic (exact) mass is 232 g/mol. The second kappa shape index (κ2) is 4.74. The number of rotatable bonds is 3. The lowest BCUT2D eigenvalue weighted by Crippen LogP contribution is -1.99. The molecule has 0 bridgehead atoms. The summed E-state index contributed by atoms with van der Waals surface area (Å²) < 4.78 is 1.96. The number of nitrogens with zero attached hydrogens (tertiary/aromatic N) is 2. The van der Waals surface area contributed by atoms with E-state index in [1.54, 1.807) is 0 Å². The molecule has 0 aliphatic heterocycles. The number of aromatic nitrogens is 2. The molecule has 0 N–H and O–H groups in total. The van der Waals surface area contributed by atoms with Gasteiger partial charge in [0.1, 0.15) is 0 Å². The van der Waals surface area contributed by atoms with E-state index < -0.39 is 0 Å². The lowest BCUT2D eigenvalue weighted by molar-refractivity contribution is 0.844. The zero-order chi connectivity index (χ0) is 11.5. The Kier molecular flexibility index (Phi) is 3.34. The first-order chi connectivity index (χ1) is 7.76. The van der Waals surface area contributed by atoms with Crippen LogP contribution in [0, 0.1) is 6.92 Å². The molecule has 3 heteroatoms. The Hall–Kier alpha value is -1.22. The van der Waals surface area contributed by atoms with Gasteiger partial charge < -0.3 is 0 Å². The number of benzene rings is 1. The van der Waals surface area contributed by atoms with Crippen LogP contribution in [0.1, 0.15) is 23.7 Å². The quantitative estimate of drug-likeness (QED) is 0.805. The van der Waals surface area contributed by atoms with Crippen LogP contribution in [0.4, 0.5) is 0 Å². The molecule has 0 fully saturated rings. The van der Waals surface area contributed by atoms with E-state index >= 15 is 0 Å². The Bertz CT molecular complexity index is 471. The third-order valence-corrected chi connectivity index (χ3v) is 3.21. The first kappa shape index (κ1) is 11.3. The first-order valence-corrected chi connectivity index (χ1v) is 6.13. The van der Waals surface area contributed by atoms with Gasteiger partial charge in [-0.25, -0.2) is 4.68 Å². The highest BCUT2D eigenvalue weighted by molar-refractivity contribution is 7.79. The van der Waals surface area contributed by atoms with Crippen LogP contribution in [0.5, 0.6) is 0 Å². The topological polar surface area (TPSA) is 17.8 Å². The molecular weight excluding hydrogens is 216 g/mol. The van der Waals surface area contributed by atoms with Crippen molar-refractivity contribution in [3.05, 3.63) is 47.3 Å². The molecule has 2 nitrogen and oxygen atoms in total. The van der Waals surface area contributed by atoms with Crippen LogP contribution in [0.2, 0.25) is 0 Å². The van der Waals surface area contributed by atoms with Crippen molar-refractivity contribution in [2.24, 2.45) is 0 Å². The van der Waals surface area contributed by atoms with Gasteiger partial charge in [-0.05, 0) is 31.0 Å². The maximum atomic E-state index is 4.38. The minimum absolute atomic E-state index is 0.735. The molecule has 1 aromatic carbocycles. The Morgan fingerprint density at radius 1 is 1.25 bits per heavy atom. The number of hydrogen-bond donors (Lipinski definition) is 1. The summed E-state index contributed by atoms with van der Waals surface area (Å²) in [7, 11) is 0. The van der Waals surface area contributed by atoms with Gasteiger partial charge in [-0.2, -0.15) is 17.7 Å². The average molecular weight is 232 g/mol. The lowest BCUT2D eigenvalue weighted by Gasteiger charge is -2.05. The van der Waals surface area contributed by atoms with Crippen LogP contribution in [0.15, 0.2) is 30.5 Å². The second-order valence-electron chi connectivity index (χ2n) is 3.85. The third kappa shape index (κ3) is 2.00. The molecule has 0 aliphatic carbocycles. The Balaban J connectivity index is 2.38. The van der Waals surface area contributed by atoms with Crippen molar-refractivity contribution in [1.29, 1.82) is 0 Å². The van der Waals surface area contributed by atoms with E-state index in [0.29, 0.717) is 0 Å². The molecule has 16 heavy (non-hydrogen) atoms. The fourth-order valence-electron chi connectivity index (χ4n) is 1.73. The van der Waals surface area contributed by atoms with Crippen LogP contribution in [0.3, 0.4) is 0 Å². The fourth-order valence-corrected chi connectivity index (χ4v) is 2.04. The maximum absolute atomic E-state index is 4.38. The summed E-state index contributed by atoms with van der Waals surface area (Å²) in [6.45, 7) is 4.24. The van der Waals surface area contributed by atoms with Gasteiger partial charge in [0.15, 0.2) is 0 Å². The SMILES string of the molecule is CCc1ccc(-n2ncc(CS)c2C)cc1. The summed E-state index contributed by atoms with van der Waals surface area (Å²) in [4.78, 5) is 0. The van der Waals surface area contributed by atoms with Crippen molar-refractivity contribution in [2.75, 3.05) is 0 Å². The van der Waals surface area contributed by atoms with Gasteiger partial charge in [0.05, 0.1) is 11.9 Å². The van der Waals surface area contributed by atoms with Gasteiger partial charge in [0, 0.05) is 17.0 Å². The Morgan fingerprint density at radius 3 is 2.44 bits per heavy atom. The summed E-state index contributed by atoms with van der Waals surface area (Å²) in [6, 6.07) is 8.52. The van der Waals surface area contributed by atoms with E-state index in [1.807, 2.05) is 10.9 Å². The van der Waals surface area contributed by atoms with Crippen molar-refractivity contribution < 1.29 is 0 Å². The highest BCUT2D eigenvalue weighted by Gasteiger charge is 2.06. The Labute approximate surface area is 102 Å². The van der Waals surface area contributed by atoms with Crippen molar-refractivity contribution in [3.63, 3.8) is 0 Å². The zero-order valence-electron chi connectivity index (χ0n) is 9.64. The van der Waals surface area contributed by atoms with Gasteiger partial charge >= 0.3 is 0 Å². The van der Waals surface area contributed by atoms with Gasteiger partial charge in [-0.15, -0.1) is 0 Å². The number of aryl methyl sites for hydroxylation is 1. The highest BCUT2D eigenvalue weighted by Crippen LogP contribution is 2.16. The van der Waals surface area contributed by atoms with Gasteiger partial charge in [-0.1, -0.05) is 19.1 Å². The zero-order valence-corrected chi connectivity index (χ0v) is 10.5. The molecule has 0 atom stereocenters. The predicted octanol–water partition coefficient (Wildman–Crippen LogP) is 3.17. The molecule has 1 heterocycles. The molecule has 2 aromatic rings. The molecule has 0 saturated heterocycles. The standard InChI is InChI=1S/C13H16N2S/c1-3-11-4-6-13(7-5-11)15-10(2)12(9-16)8-14-15/h4-8,16H,3,9H2,1-2H3. The van der Waals surface area contributed by atoms with Crippen LogP contribution < -0.4 is 0 Å². The van der Waals surface area contributed by atoms with Crippen LogP contribution >= 0.6 is 12.6 Å². The molecule has 0 amide bonds. The van der Waals surface area contributed by atoms with Crippen molar-refractivity contribution in [1.82, 2.24) is 9.78 Å². The lowest BCUT2D eigenvalue weighted by atomic mass is 10.1. The van der Waals surface area contributed by atoms with Crippen LogP contribution in [-0.2, 0) is 12.2 Å². The summed E-state index contributed by atoms with van der Waals surface area (Å²) in [5.41, 5.74) is 4.81. The molecule has 84 valence electrons. The smallest absolute Gasteiger partial charge is 0.0648 e. The van der Waals surface area contributed by atoms with E-state index in [2.05, 4.69) is 55.8 Å². The van der Waals surface area contributed by atoms with Crippen molar-refractivity contribution >= 4 is 12.6 Å². The maximum Gasteiger partial charge on any atom is 0.0648 e. The molecule has 2 rings (SSSR count). The van der Waals surface area contributed by atoms with E-state index in [9.17, 15) is 0 Å². The van der Waals surface area contributed by atoms with Crippen molar-refractivity contribution in [3.8, 4) is 5.69 Å². The predicted molar refractivity (Wildman–Crippen MR) is 70.4 cm³/mol. The largest absolute Gasteiger partial charge is 0.238 e. The fraction of sp³-hybridized carbons (Fsp3) is 0.308. The highest BCUT2D eigenvalue weighted by atomic mass is 32.1. The van der Waals surface area contributed by atoms with E-state index in [1.165, 1.54) is 16.8 Å². The second-order valence-corrected chi connectivity index (χ2v) is 4.16.